The number of nitrogens with one attached hydrogen (secondary N) is 1. The number of hydrogen-bond donors (Lipinski definition) is 1. The van der Waals surface area contributed by atoms with Crippen LogP contribution in [0, 0.1) is 6.92 Å². The molecule has 11 heteroatoms. The van der Waals surface area contributed by atoms with Crippen LogP contribution in [0.15, 0.2) is 36.7 Å². The Bertz CT molecular complexity index is 1150. The highest BCUT2D eigenvalue weighted by Crippen LogP contribution is 2.28. The van der Waals surface area contributed by atoms with E-state index < -0.39 is 23.9 Å². The van der Waals surface area contributed by atoms with Crippen LogP contribution in [0.2, 0.25) is 5.02 Å². The van der Waals surface area contributed by atoms with Gasteiger partial charge in [-0.25, -0.2) is 9.97 Å². The molecule has 0 radical (unpaired) electrons. The smallest absolute Gasteiger partial charge is 0.379 e. The van der Waals surface area contributed by atoms with E-state index in [2.05, 4.69) is 20.3 Å². The average molecular weight is 480 g/mol. The summed E-state index contributed by atoms with van der Waals surface area (Å²) in [5.74, 6) is -1.61. The van der Waals surface area contributed by atoms with E-state index in [0.717, 1.165) is 18.1 Å². The molecule has 1 atom stereocenters. The van der Waals surface area contributed by atoms with Crippen LogP contribution in [0.1, 0.15) is 33.5 Å². The number of carbonyl (C=O) groups excluding carboxylic acids is 1. The second-order valence-corrected chi connectivity index (χ2v) is 8.06. The number of aryl methyl sites for hydroxylation is 1. The molecule has 33 heavy (non-hydrogen) atoms. The number of carbonyl (C=O) groups is 1. The number of aromatic nitrogens is 3. The molecule has 0 spiro atoms. The Labute approximate surface area is 192 Å². The molecule has 3 heterocycles. The summed E-state index contributed by atoms with van der Waals surface area (Å²) in [5, 5.41) is 3.78. The van der Waals surface area contributed by atoms with Crippen LogP contribution in [0.5, 0.6) is 0 Å². The summed E-state index contributed by atoms with van der Waals surface area (Å²) in [6, 6.07) is 6.52. The molecular formula is C22H21ClF3N5O2. The van der Waals surface area contributed by atoms with Crippen molar-refractivity contribution in [3.05, 3.63) is 64.3 Å². The van der Waals surface area contributed by atoms with Crippen LogP contribution in [0.3, 0.4) is 0 Å². The molecule has 174 valence electrons. The molecule has 1 N–H and O–H groups in total. The van der Waals surface area contributed by atoms with E-state index in [1.807, 2.05) is 11.8 Å². The van der Waals surface area contributed by atoms with E-state index in [4.69, 9.17) is 16.3 Å². The number of pyridine rings is 1. The number of hydrogen-bond acceptors (Lipinski definition) is 6. The summed E-state index contributed by atoms with van der Waals surface area (Å²) < 4.78 is 44.0. The van der Waals surface area contributed by atoms with Crippen molar-refractivity contribution in [2.75, 3.05) is 32.8 Å². The number of halogens is 4. The Kier molecular flexibility index (Phi) is 6.78. The second kappa shape index (κ2) is 9.58. The number of ether oxygens (including phenoxy) is 1. The molecule has 1 unspecified atom stereocenters. The Balaban J connectivity index is 1.59. The van der Waals surface area contributed by atoms with Gasteiger partial charge >= 0.3 is 6.18 Å². The molecule has 0 bridgehead atoms. The van der Waals surface area contributed by atoms with Gasteiger partial charge < -0.3 is 10.1 Å². The van der Waals surface area contributed by atoms with Crippen LogP contribution in [0.25, 0.3) is 10.9 Å². The molecule has 1 aliphatic heterocycles. The summed E-state index contributed by atoms with van der Waals surface area (Å²) in [6.45, 7) is 4.05. The maximum atomic E-state index is 13.1. The van der Waals surface area contributed by atoms with Gasteiger partial charge in [-0.05, 0) is 25.1 Å². The lowest BCUT2D eigenvalue weighted by atomic mass is 10.1. The summed E-state index contributed by atoms with van der Waals surface area (Å²) in [7, 11) is 0. The average Bonchev–Trinajstić information content (AvgIpc) is 2.79. The van der Waals surface area contributed by atoms with Crippen molar-refractivity contribution < 1.29 is 22.7 Å². The molecule has 7 nitrogen and oxygen atoms in total. The fraction of sp³-hybridized carbons (Fsp3) is 0.364. The molecule has 1 amide bonds. The Morgan fingerprint density at radius 2 is 1.88 bits per heavy atom. The third-order valence-electron chi connectivity index (χ3n) is 5.44. The van der Waals surface area contributed by atoms with Gasteiger partial charge in [0.05, 0.1) is 35.4 Å². The molecule has 1 saturated heterocycles. The first-order valence-corrected chi connectivity index (χ1v) is 10.7. The van der Waals surface area contributed by atoms with Gasteiger partial charge in [0, 0.05) is 48.7 Å². The SMILES string of the molecule is Cc1ccc2c(C(=O)NCC(c3cnc(C(F)(F)F)nc3)N3CCOCC3)c(Cl)ccc2n1. The van der Waals surface area contributed by atoms with E-state index in [1.54, 1.807) is 24.3 Å². The standard InChI is InChI=1S/C22H21ClF3N5O2/c1-13-2-3-15-17(30-13)5-4-16(23)19(15)20(32)27-12-18(31-6-8-33-9-7-31)14-10-28-21(29-11-14)22(24,25)26/h2-5,10-11,18H,6-9,12H2,1H3,(H,27,32). The summed E-state index contributed by atoms with van der Waals surface area (Å²) in [4.78, 5) is 26.5. The Hall–Kier alpha value is -2.82. The molecule has 0 saturated carbocycles. The number of benzene rings is 1. The normalized spacial score (nSPS) is 16.0. The number of fused-ring (bicyclic) bond motifs is 1. The third-order valence-corrected chi connectivity index (χ3v) is 5.75. The molecule has 1 aromatic carbocycles. The van der Waals surface area contributed by atoms with Gasteiger partial charge in [0.1, 0.15) is 0 Å². The van der Waals surface area contributed by atoms with Crippen molar-refractivity contribution in [3.8, 4) is 0 Å². The summed E-state index contributed by atoms with van der Waals surface area (Å²) in [6.07, 6.45) is -2.32. The van der Waals surface area contributed by atoms with Gasteiger partial charge in [0.2, 0.25) is 5.82 Å². The fourth-order valence-electron chi connectivity index (χ4n) is 3.79. The molecular weight excluding hydrogens is 459 g/mol. The number of amides is 1. The minimum Gasteiger partial charge on any atom is -0.379 e. The van der Waals surface area contributed by atoms with Gasteiger partial charge in [-0.1, -0.05) is 17.7 Å². The van der Waals surface area contributed by atoms with Crippen molar-refractivity contribution in [2.45, 2.75) is 19.1 Å². The van der Waals surface area contributed by atoms with Gasteiger partial charge in [-0.15, -0.1) is 0 Å². The van der Waals surface area contributed by atoms with E-state index in [1.165, 1.54) is 0 Å². The van der Waals surface area contributed by atoms with Crippen molar-refractivity contribution in [3.63, 3.8) is 0 Å². The number of morpholine rings is 1. The topological polar surface area (TPSA) is 80.2 Å². The van der Waals surface area contributed by atoms with E-state index in [-0.39, 0.29) is 11.6 Å². The van der Waals surface area contributed by atoms with Crippen molar-refractivity contribution in [1.29, 1.82) is 0 Å². The lowest BCUT2D eigenvalue weighted by Gasteiger charge is -2.34. The highest BCUT2D eigenvalue weighted by molar-refractivity contribution is 6.35. The Morgan fingerprint density at radius 1 is 1.18 bits per heavy atom. The van der Waals surface area contributed by atoms with E-state index >= 15 is 0 Å². The van der Waals surface area contributed by atoms with Crippen LogP contribution in [-0.2, 0) is 10.9 Å². The molecule has 2 aromatic heterocycles. The number of nitrogens with zero attached hydrogens (tertiary/aromatic N) is 4. The monoisotopic (exact) mass is 479 g/mol. The largest absolute Gasteiger partial charge is 0.451 e. The molecule has 1 aliphatic rings. The van der Waals surface area contributed by atoms with Gasteiger partial charge in [-0.2, -0.15) is 13.2 Å². The lowest BCUT2D eigenvalue weighted by molar-refractivity contribution is -0.145. The van der Waals surface area contributed by atoms with Crippen molar-refractivity contribution >= 4 is 28.4 Å². The van der Waals surface area contributed by atoms with Gasteiger partial charge in [0.25, 0.3) is 5.91 Å². The first-order chi connectivity index (χ1) is 15.7. The van der Waals surface area contributed by atoms with Crippen LogP contribution < -0.4 is 5.32 Å². The lowest BCUT2D eigenvalue weighted by Crippen LogP contribution is -2.44. The molecule has 0 aliphatic carbocycles. The van der Waals surface area contributed by atoms with E-state index in [0.29, 0.717) is 48.3 Å². The maximum Gasteiger partial charge on any atom is 0.451 e. The first-order valence-electron chi connectivity index (χ1n) is 10.3. The highest BCUT2D eigenvalue weighted by atomic mass is 35.5. The fourth-order valence-corrected chi connectivity index (χ4v) is 4.04. The molecule has 3 aromatic rings. The number of rotatable bonds is 5. The summed E-state index contributed by atoms with van der Waals surface area (Å²) in [5.41, 5.74) is 2.22. The first kappa shape index (κ1) is 23.3. The van der Waals surface area contributed by atoms with Crippen LogP contribution in [-0.4, -0.2) is 58.6 Å². The van der Waals surface area contributed by atoms with Crippen molar-refractivity contribution in [2.24, 2.45) is 0 Å². The predicted octanol–water partition coefficient (Wildman–Crippen LogP) is 3.81. The molecule has 1 fully saturated rings. The number of alkyl halides is 3. The van der Waals surface area contributed by atoms with Gasteiger partial charge in [-0.3, -0.25) is 14.7 Å². The molecule has 4 rings (SSSR count). The third kappa shape index (κ3) is 5.23. The zero-order chi connectivity index (χ0) is 23.6. The predicted molar refractivity (Wildman–Crippen MR) is 116 cm³/mol. The zero-order valence-electron chi connectivity index (χ0n) is 17.7. The van der Waals surface area contributed by atoms with Gasteiger partial charge in [0.15, 0.2) is 0 Å². The van der Waals surface area contributed by atoms with E-state index in [9.17, 15) is 18.0 Å². The summed E-state index contributed by atoms with van der Waals surface area (Å²) >= 11 is 6.34. The second-order valence-electron chi connectivity index (χ2n) is 7.65. The quantitative estimate of drug-likeness (QED) is 0.599. The highest BCUT2D eigenvalue weighted by Gasteiger charge is 2.35. The maximum absolute atomic E-state index is 13.1. The van der Waals surface area contributed by atoms with Crippen LogP contribution >= 0.6 is 11.6 Å². The minimum atomic E-state index is -4.63. The Morgan fingerprint density at radius 3 is 2.55 bits per heavy atom. The van der Waals surface area contributed by atoms with Crippen LogP contribution in [0.4, 0.5) is 13.2 Å². The van der Waals surface area contributed by atoms with Crippen molar-refractivity contribution in [1.82, 2.24) is 25.2 Å². The minimum absolute atomic E-state index is 0.125. The zero-order valence-corrected chi connectivity index (χ0v) is 18.5.